The van der Waals surface area contributed by atoms with Crippen molar-refractivity contribution in [2.24, 2.45) is 0 Å². The van der Waals surface area contributed by atoms with Crippen molar-refractivity contribution in [3.05, 3.63) is 48.5 Å². The Bertz CT molecular complexity index is 1360. The first-order chi connectivity index (χ1) is 23.0. The maximum Gasteiger partial charge on any atom is 0.480 e. The van der Waals surface area contributed by atoms with Crippen LogP contribution in [0.1, 0.15) is 69.2 Å². The third-order valence-electron chi connectivity index (χ3n) is 10.5. The quantitative estimate of drug-likeness (QED) is 0.230. The lowest BCUT2D eigenvalue weighted by molar-refractivity contribution is 0.0158. The molecule has 3 heterocycles. The van der Waals surface area contributed by atoms with E-state index < -0.39 is 68.5 Å². The van der Waals surface area contributed by atoms with Crippen LogP contribution in [0.3, 0.4) is 0 Å². The first-order valence-electron chi connectivity index (χ1n) is 18.8. The van der Waals surface area contributed by atoms with Crippen LogP contribution in [0.2, 0.25) is 73.5 Å². The standard InChI is InChI=1S/C34H64O8Si8/c1-17-45(33-23-19-31(20-24-33)43(11,12)13)35-47(27(3)4)39-48(36-45,28(5)6)42-50(30(9)10)38-46(18-2,37-49(40-50,41-47)29(7)8)34-25-21-32(22-26-34)44(14,15)16/h19-30H,17-18H2,1-16H3. The molecule has 5 rings (SSSR count). The molecule has 8 nitrogen and oxygen atoms in total. The summed E-state index contributed by atoms with van der Waals surface area (Å²) in [5.41, 5.74) is -0.332. The summed E-state index contributed by atoms with van der Waals surface area (Å²) in [6, 6.07) is 19.5. The Kier molecular flexibility index (Phi) is 11.4. The molecule has 0 spiro atoms. The molecule has 0 aliphatic carbocycles. The largest absolute Gasteiger partial charge is 0.480 e. The average molecular weight is 826 g/mol. The van der Waals surface area contributed by atoms with E-state index in [2.05, 4.69) is 157 Å². The fourth-order valence-electron chi connectivity index (χ4n) is 6.80. The van der Waals surface area contributed by atoms with Gasteiger partial charge in [0.15, 0.2) is 0 Å². The molecule has 0 saturated carbocycles. The van der Waals surface area contributed by atoms with Crippen molar-refractivity contribution in [2.45, 2.75) is 143 Å². The van der Waals surface area contributed by atoms with Crippen LogP contribution in [0.5, 0.6) is 0 Å². The summed E-state index contributed by atoms with van der Waals surface area (Å²) in [5.74, 6) is 0. The van der Waals surface area contributed by atoms with Gasteiger partial charge in [-0.25, -0.2) is 0 Å². The van der Waals surface area contributed by atoms with Gasteiger partial charge in [0.05, 0.1) is 16.1 Å². The predicted molar refractivity (Wildman–Crippen MR) is 223 cm³/mol. The lowest BCUT2D eigenvalue weighted by Crippen LogP contribution is -2.87. The fourth-order valence-corrected chi connectivity index (χ4v) is 48.1. The summed E-state index contributed by atoms with van der Waals surface area (Å²) in [4.78, 5) is 0. The highest BCUT2D eigenvalue weighted by atomic mass is 28.6. The Balaban J connectivity index is 1.77. The zero-order valence-electron chi connectivity index (χ0n) is 33.6. The zero-order valence-corrected chi connectivity index (χ0v) is 41.6. The number of fused-ring (bicyclic) bond motifs is 4. The van der Waals surface area contributed by atoms with E-state index >= 15 is 0 Å². The van der Waals surface area contributed by atoms with Crippen LogP contribution in [0.4, 0.5) is 0 Å². The molecular formula is C34H64O8Si8. The molecule has 0 radical (unpaired) electrons. The minimum atomic E-state index is -3.62. The number of rotatable bonds is 10. The smallest absolute Gasteiger partial charge is 0.391 e. The fraction of sp³-hybridized carbons (Fsp3) is 0.647. The highest BCUT2D eigenvalue weighted by Gasteiger charge is 2.79. The normalized spacial score (nSPS) is 35.1. The molecular weight excluding hydrogens is 761 g/mol. The third-order valence-corrected chi connectivity index (χ3v) is 43.5. The second-order valence-electron chi connectivity index (χ2n) is 17.7. The Morgan fingerprint density at radius 1 is 0.400 bits per heavy atom. The van der Waals surface area contributed by atoms with Gasteiger partial charge in [-0.05, 0) is 22.5 Å². The summed E-state index contributed by atoms with van der Waals surface area (Å²) in [6.45, 7) is 35.9. The van der Waals surface area contributed by atoms with E-state index in [9.17, 15) is 0 Å². The maximum atomic E-state index is 7.70. The molecule has 0 aromatic heterocycles. The average Bonchev–Trinajstić information content (AvgIpc) is 3.03. The molecule has 50 heavy (non-hydrogen) atoms. The molecule has 2 aromatic carbocycles. The first-order valence-corrected chi connectivity index (χ1v) is 37.1. The van der Waals surface area contributed by atoms with Gasteiger partial charge in [-0.15, -0.1) is 0 Å². The van der Waals surface area contributed by atoms with Crippen LogP contribution in [0, 0.1) is 0 Å². The van der Waals surface area contributed by atoms with Gasteiger partial charge in [-0.2, -0.15) is 0 Å². The zero-order chi connectivity index (χ0) is 37.3. The van der Waals surface area contributed by atoms with Crippen molar-refractivity contribution in [2.75, 3.05) is 0 Å². The van der Waals surface area contributed by atoms with Crippen LogP contribution in [0.15, 0.2) is 48.5 Å². The molecule has 16 heteroatoms. The summed E-state index contributed by atoms with van der Waals surface area (Å²) < 4.78 is 60.3. The van der Waals surface area contributed by atoms with E-state index in [0.29, 0.717) is 12.1 Å². The molecule has 0 amide bonds. The first kappa shape index (κ1) is 41.0. The van der Waals surface area contributed by atoms with Crippen LogP contribution in [-0.4, -0.2) is 68.5 Å². The lowest BCUT2D eigenvalue weighted by Gasteiger charge is -2.62. The van der Waals surface area contributed by atoms with Gasteiger partial charge in [0, 0.05) is 22.2 Å². The monoisotopic (exact) mass is 824 g/mol. The van der Waals surface area contributed by atoms with Crippen molar-refractivity contribution in [3.63, 3.8) is 0 Å². The number of hydrogen-bond donors (Lipinski definition) is 0. The topological polar surface area (TPSA) is 73.8 Å². The maximum absolute atomic E-state index is 7.70. The van der Waals surface area contributed by atoms with Crippen molar-refractivity contribution in [1.82, 2.24) is 0 Å². The van der Waals surface area contributed by atoms with Crippen LogP contribution in [-0.2, 0) is 32.9 Å². The molecule has 3 aliphatic heterocycles. The van der Waals surface area contributed by atoms with E-state index in [-0.39, 0.29) is 22.2 Å². The van der Waals surface area contributed by atoms with Crippen LogP contribution in [0.25, 0.3) is 0 Å². The van der Waals surface area contributed by atoms with Crippen molar-refractivity contribution in [1.29, 1.82) is 0 Å². The lowest BCUT2D eigenvalue weighted by atomic mass is 10.4. The molecule has 4 bridgehead atoms. The van der Waals surface area contributed by atoms with E-state index in [1.165, 1.54) is 10.4 Å². The van der Waals surface area contributed by atoms with Crippen molar-refractivity contribution >= 4 is 89.2 Å². The van der Waals surface area contributed by atoms with E-state index in [1.807, 2.05) is 0 Å². The Labute approximate surface area is 311 Å². The van der Waals surface area contributed by atoms with Gasteiger partial charge in [0.2, 0.25) is 0 Å². The second kappa shape index (κ2) is 13.9. The molecule has 3 fully saturated rings. The predicted octanol–water partition coefficient (Wildman–Crippen LogP) is 7.38. The van der Waals surface area contributed by atoms with Gasteiger partial charge in [-0.1, -0.05) is 167 Å². The van der Waals surface area contributed by atoms with Gasteiger partial charge < -0.3 is 32.9 Å². The second-order valence-corrected chi connectivity index (χ2v) is 49.4. The molecule has 0 N–H and O–H groups in total. The van der Waals surface area contributed by atoms with E-state index in [4.69, 9.17) is 32.9 Å². The minimum absolute atomic E-state index is 0.0830. The molecule has 3 aliphatic rings. The highest BCUT2D eigenvalue weighted by molar-refractivity contribution is 7.05. The van der Waals surface area contributed by atoms with Crippen molar-refractivity contribution < 1.29 is 32.9 Å². The van der Waals surface area contributed by atoms with E-state index in [1.54, 1.807) is 0 Å². The highest BCUT2D eigenvalue weighted by Crippen LogP contribution is 2.53. The van der Waals surface area contributed by atoms with Gasteiger partial charge in [-0.3, -0.25) is 0 Å². The molecule has 2 aromatic rings. The molecule has 0 unspecified atom stereocenters. The van der Waals surface area contributed by atoms with Gasteiger partial charge >= 0.3 is 52.3 Å². The summed E-state index contributed by atoms with van der Waals surface area (Å²) in [6.07, 6.45) is 0. The van der Waals surface area contributed by atoms with E-state index in [0.717, 1.165) is 10.4 Å². The van der Waals surface area contributed by atoms with Gasteiger partial charge in [0.1, 0.15) is 0 Å². The number of benzene rings is 2. The van der Waals surface area contributed by atoms with Crippen molar-refractivity contribution in [3.8, 4) is 0 Å². The summed E-state index contributed by atoms with van der Waals surface area (Å²) in [7, 11) is -23.9. The Morgan fingerprint density at radius 2 is 0.620 bits per heavy atom. The summed E-state index contributed by atoms with van der Waals surface area (Å²) >= 11 is 0. The Morgan fingerprint density at radius 3 is 0.780 bits per heavy atom. The number of hydrogen-bond acceptors (Lipinski definition) is 8. The SMILES string of the molecule is CC[Si]1(c2ccc([Si](C)(C)C)cc2)O[Si]2(C(C)C)O[Si](C(C)C)(O1)O[Si]1(C(C)C)O[Si](CC)(c3ccc([Si](C)(C)C)cc3)O[Si](C(C)C)(O1)O2. The summed E-state index contributed by atoms with van der Waals surface area (Å²) in [5, 5.41) is 5.01. The van der Waals surface area contributed by atoms with Crippen LogP contribution >= 0.6 is 0 Å². The minimum Gasteiger partial charge on any atom is -0.391 e. The molecule has 280 valence electrons. The molecule has 0 atom stereocenters. The van der Waals surface area contributed by atoms with Crippen LogP contribution < -0.4 is 20.7 Å². The Hall–Kier alpha value is -0.145. The molecule has 3 saturated heterocycles. The third kappa shape index (κ3) is 7.08. The van der Waals surface area contributed by atoms with Gasteiger partial charge in [0.25, 0.3) is 0 Å².